The Hall–Kier alpha value is -1.32. The normalized spacial score (nSPS) is 9.00. The number of hydrogen-bond acceptors (Lipinski definition) is 3. The molecule has 0 heterocycles. The lowest BCUT2D eigenvalue weighted by Crippen LogP contribution is -2.18. The maximum Gasteiger partial charge on any atom is 0.212 e. The molecule has 0 aromatic heterocycles. The Kier molecular flexibility index (Phi) is 4.12. The van der Waals surface area contributed by atoms with Gasteiger partial charge in [0, 0.05) is 7.05 Å². The summed E-state index contributed by atoms with van der Waals surface area (Å²) in [5, 5.41) is 11.8. The van der Waals surface area contributed by atoms with E-state index in [2.05, 4.69) is 10.6 Å². The Labute approximate surface area is 53.5 Å². The van der Waals surface area contributed by atoms with E-state index in [1.807, 2.05) is 0 Å². The molecule has 0 aliphatic heterocycles. The van der Waals surface area contributed by atoms with Crippen molar-refractivity contribution in [2.45, 2.75) is 0 Å². The van der Waals surface area contributed by atoms with E-state index in [-0.39, 0.29) is 5.84 Å². The van der Waals surface area contributed by atoms with Gasteiger partial charge in [0.05, 0.1) is 0 Å². The van der Waals surface area contributed by atoms with Crippen LogP contribution in [0.3, 0.4) is 0 Å². The van der Waals surface area contributed by atoms with Crippen molar-refractivity contribution in [2.24, 2.45) is 0 Å². The van der Waals surface area contributed by atoms with E-state index in [4.69, 9.17) is 5.41 Å². The van der Waals surface area contributed by atoms with Crippen LogP contribution >= 0.6 is 0 Å². The zero-order chi connectivity index (χ0) is 7.11. The maximum absolute atomic E-state index is 9.67. The average molecular weight is 127 g/mol. The van der Waals surface area contributed by atoms with E-state index >= 15 is 0 Å². The highest BCUT2D eigenvalue weighted by atomic mass is 16.1. The molecule has 0 rings (SSSR count). The first kappa shape index (κ1) is 7.68. The van der Waals surface area contributed by atoms with Gasteiger partial charge >= 0.3 is 0 Å². The average Bonchev–Trinajstić information content (AvgIpc) is 1.85. The minimum Gasteiger partial charge on any atom is -0.394 e. The number of amidine groups is 1. The third-order valence-electron chi connectivity index (χ3n) is 0.631. The third-order valence-corrected chi connectivity index (χ3v) is 0.631. The fraction of sp³-hybridized carbons (Fsp3) is 0.200. The second-order valence-corrected chi connectivity index (χ2v) is 1.30. The van der Waals surface area contributed by atoms with Gasteiger partial charge in [-0.2, -0.15) is 0 Å². The standard InChI is InChI=1S/C5H9N3O/c1-7-3-2-5(6)8-4-9/h2-4,7H,1H3,(H2,6,8,9)/b3-2-. The van der Waals surface area contributed by atoms with Crippen molar-refractivity contribution in [1.29, 1.82) is 5.41 Å². The van der Waals surface area contributed by atoms with Gasteiger partial charge in [-0.1, -0.05) is 0 Å². The van der Waals surface area contributed by atoms with Gasteiger partial charge in [-0.3, -0.25) is 10.2 Å². The van der Waals surface area contributed by atoms with Crippen LogP contribution in [0.25, 0.3) is 0 Å². The fourth-order valence-electron chi connectivity index (χ4n) is 0.278. The van der Waals surface area contributed by atoms with E-state index in [9.17, 15) is 4.79 Å². The minimum absolute atomic E-state index is 0.0688. The smallest absolute Gasteiger partial charge is 0.212 e. The summed E-state index contributed by atoms with van der Waals surface area (Å²) in [6.07, 6.45) is 3.45. The molecular formula is C5H9N3O. The first-order chi connectivity index (χ1) is 4.31. The van der Waals surface area contributed by atoms with Gasteiger partial charge in [0.25, 0.3) is 0 Å². The first-order valence-electron chi connectivity index (χ1n) is 2.44. The molecule has 3 N–H and O–H groups in total. The van der Waals surface area contributed by atoms with Gasteiger partial charge < -0.3 is 10.6 Å². The number of amides is 1. The Bertz CT molecular complexity index is 130. The molecule has 0 saturated carbocycles. The predicted molar refractivity (Wildman–Crippen MR) is 35.1 cm³/mol. The summed E-state index contributed by atoms with van der Waals surface area (Å²) in [4.78, 5) is 9.67. The van der Waals surface area contributed by atoms with E-state index in [0.29, 0.717) is 6.41 Å². The van der Waals surface area contributed by atoms with Crippen molar-refractivity contribution in [3.05, 3.63) is 12.3 Å². The quantitative estimate of drug-likeness (QED) is 0.270. The van der Waals surface area contributed by atoms with Crippen LogP contribution in [0.4, 0.5) is 0 Å². The summed E-state index contributed by atoms with van der Waals surface area (Å²) in [5.74, 6) is 0.0688. The summed E-state index contributed by atoms with van der Waals surface area (Å²) in [7, 11) is 1.71. The molecule has 0 atom stereocenters. The number of hydrogen-bond donors (Lipinski definition) is 3. The zero-order valence-electron chi connectivity index (χ0n) is 5.14. The molecule has 0 aromatic carbocycles. The Morgan fingerprint density at radius 3 is 2.78 bits per heavy atom. The van der Waals surface area contributed by atoms with Gasteiger partial charge in [0.1, 0.15) is 5.84 Å². The van der Waals surface area contributed by atoms with Gasteiger partial charge in [0.2, 0.25) is 6.41 Å². The molecular weight excluding hydrogens is 118 g/mol. The van der Waals surface area contributed by atoms with Crippen molar-refractivity contribution in [3.8, 4) is 0 Å². The number of carbonyl (C=O) groups excluding carboxylic acids is 1. The van der Waals surface area contributed by atoms with Crippen LogP contribution < -0.4 is 10.6 Å². The largest absolute Gasteiger partial charge is 0.394 e. The van der Waals surface area contributed by atoms with Crippen molar-refractivity contribution >= 4 is 12.2 Å². The molecule has 0 fully saturated rings. The second-order valence-electron chi connectivity index (χ2n) is 1.30. The van der Waals surface area contributed by atoms with Crippen LogP contribution in [-0.4, -0.2) is 19.3 Å². The van der Waals surface area contributed by atoms with Gasteiger partial charge in [-0.25, -0.2) is 0 Å². The summed E-state index contributed by atoms with van der Waals surface area (Å²) < 4.78 is 0. The van der Waals surface area contributed by atoms with Gasteiger partial charge in [-0.05, 0) is 12.3 Å². The van der Waals surface area contributed by atoms with Crippen LogP contribution in [0.1, 0.15) is 0 Å². The molecule has 9 heavy (non-hydrogen) atoms. The Morgan fingerprint density at radius 1 is 1.67 bits per heavy atom. The fourth-order valence-corrected chi connectivity index (χ4v) is 0.278. The SMILES string of the molecule is CN/C=C\C(=N)NC=O. The van der Waals surface area contributed by atoms with Crippen molar-refractivity contribution in [1.82, 2.24) is 10.6 Å². The van der Waals surface area contributed by atoms with Crippen molar-refractivity contribution in [3.63, 3.8) is 0 Å². The second kappa shape index (κ2) is 4.83. The van der Waals surface area contributed by atoms with Crippen LogP contribution in [0.5, 0.6) is 0 Å². The molecule has 0 aromatic rings. The maximum atomic E-state index is 9.67. The van der Waals surface area contributed by atoms with E-state index < -0.39 is 0 Å². The predicted octanol–water partition coefficient (Wildman–Crippen LogP) is -0.557. The van der Waals surface area contributed by atoms with E-state index in [1.165, 1.54) is 6.08 Å². The molecule has 0 aliphatic carbocycles. The summed E-state index contributed by atoms with van der Waals surface area (Å²) >= 11 is 0. The minimum atomic E-state index is 0.0688. The van der Waals surface area contributed by atoms with Crippen LogP contribution in [-0.2, 0) is 4.79 Å². The van der Waals surface area contributed by atoms with Crippen LogP contribution in [0.2, 0.25) is 0 Å². The van der Waals surface area contributed by atoms with Crippen LogP contribution in [0, 0.1) is 5.41 Å². The highest BCUT2D eigenvalue weighted by Crippen LogP contribution is 1.65. The van der Waals surface area contributed by atoms with E-state index in [0.717, 1.165) is 0 Å². The Balaban J connectivity index is 3.49. The van der Waals surface area contributed by atoms with Gasteiger partial charge in [0.15, 0.2) is 0 Å². The number of rotatable bonds is 3. The highest BCUT2D eigenvalue weighted by molar-refractivity contribution is 5.96. The van der Waals surface area contributed by atoms with Crippen molar-refractivity contribution < 1.29 is 4.79 Å². The number of carbonyl (C=O) groups is 1. The molecule has 0 aliphatic rings. The van der Waals surface area contributed by atoms with Gasteiger partial charge in [-0.15, -0.1) is 0 Å². The monoisotopic (exact) mass is 127 g/mol. The molecule has 50 valence electrons. The molecule has 1 amide bonds. The van der Waals surface area contributed by atoms with Crippen LogP contribution in [0.15, 0.2) is 12.3 Å². The molecule has 0 radical (unpaired) electrons. The topological polar surface area (TPSA) is 65.0 Å². The highest BCUT2D eigenvalue weighted by Gasteiger charge is 1.81. The van der Waals surface area contributed by atoms with E-state index in [1.54, 1.807) is 13.2 Å². The lowest BCUT2D eigenvalue weighted by molar-refractivity contribution is -0.108. The molecule has 0 spiro atoms. The Morgan fingerprint density at radius 2 is 2.33 bits per heavy atom. The summed E-state index contributed by atoms with van der Waals surface area (Å²) in [6, 6.07) is 0. The lowest BCUT2D eigenvalue weighted by atomic mass is 10.5. The summed E-state index contributed by atoms with van der Waals surface area (Å²) in [5.41, 5.74) is 0. The summed E-state index contributed by atoms with van der Waals surface area (Å²) in [6.45, 7) is 0. The molecule has 4 nitrogen and oxygen atoms in total. The molecule has 4 heteroatoms. The molecule has 0 saturated heterocycles. The molecule has 0 unspecified atom stereocenters. The number of nitrogens with one attached hydrogen (secondary N) is 3. The van der Waals surface area contributed by atoms with Crippen molar-refractivity contribution in [2.75, 3.05) is 7.05 Å². The first-order valence-corrected chi connectivity index (χ1v) is 2.44. The lowest BCUT2D eigenvalue weighted by Gasteiger charge is -1.90. The zero-order valence-corrected chi connectivity index (χ0v) is 5.14. The third kappa shape index (κ3) is 4.53. The molecule has 0 bridgehead atoms.